The number of nitrogens with two attached hydrogens (primary N) is 1. The van der Waals surface area contributed by atoms with Gasteiger partial charge in [0.1, 0.15) is 5.78 Å². The Labute approximate surface area is 181 Å². The SMILES string of the molecule is CCC(=O)C(CSCC(=O)NCCOC(C)(C)CCOC(C)(C)CN)NC(C)C. The van der Waals surface area contributed by atoms with Crippen molar-refractivity contribution in [2.75, 3.05) is 37.8 Å². The number of carbonyl (C=O) groups is 2. The van der Waals surface area contributed by atoms with Crippen molar-refractivity contribution in [1.29, 1.82) is 0 Å². The average molecular weight is 434 g/mol. The van der Waals surface area contributed by atoms with Crippen LogP contribution in [0.4, 0.5) is 0 Å². The van der Waals surface area contributed by atoms with Crippen LogP contribution in [0, 0.1) is 0 Å². The fourth-order valence-corrected chi connectivity index (χ4v) is 3.35. The summed E-state index contributed by atoms with van der Waals surface area (Å²) >= 11 is 1.47. The number of ether oxygens (including phenoxy) is 2. The zero-order valence-corrected chi connectivity index (χ0v) is 20.2. The molecule has 0 heterocycles. The Morgan fingerprint density at radius 2 is 1.69 bits per heavy atom. The van der Waals surface area contributed by atoms with Crippen LogP contribution in [0.5, 0.6) is 0 Å². The average Bonchev–Trinajstić information content (AvgIpc) is 2.63. The van der Waals surface area contributed by atoms with E-state index in [1.54, 1.807) is 0 Å². The molecule has 0 spiro atoms. The summed E-state index contributed by atoms with van der Waals surface area (Å²) in [6, 6.07) is 0.0330. The summed E-state index contributed by atoms with van der Waals surface area (Å²) in [4.78, 5) is 24.0. The van der Waals surface area contributed by atoms with Gasteiger partial charge in [0.2, 0.25) is 5.91 Å². The number of nitrogens with one attached hydrogen (secondary N) is 2. The first kappa shape index (κ1) is 28.3. The van der Waals surface area contributed by atoms with Gasteiger partial charge in [-0.25, -0.2) is 0 Å². The van der Waals surface area contributed by atoms with E-state index in [1.165, 1.54) is 11.8 Å². The van der Waals surface area contributed by atoms with Crippen LogP contribution in [0.1, 0.15) is 61.3 Å². The molecule has 0 aromatic rings. The maximum absolute atomic E-state index is 12.0. The van der Waals surface area contributed by atoms with Gasteiger partial charge in [-0.05, 0) is 34.1 Å². The van der Waals surface area contributed by atoms with Crippen molar-refractivity contribution in [3.05, 3.63) is 0 Å². The highest BCUT2D eigenvalue weighted by atomic mass is 32.2. The Hall–Kier alpha value is -0.670. The van der Waals surface area contributed by atoms with Crippen LogP contribution in [0.15, 0.2) is 0 Å². The monoisotopic (exact) mass is 433 g/mol. The van der Waals surface area contributed by atoms with E-state index in [4.69, 9.17) is 15.2 Å². The number of thioether (sulfide) groups is 1. The lowest BCUT2D eigenvalue weighted by atomic mass is 10.1. The Balaban J connectivity index is 4.01. The molecule has 172 valence electrons. The van der Waals surface area contributed by atoms with Crippen LogP contribution in [-0.2, 0) is 19.1 Å². The molecule has 0 radical (unpaired) electrons. The summed E-state index contributed by atoms with van der Waals surface area (Å²) < 4.78 is 11.6. The molecule has 0 aromatic carbocycles. The number of hydrogen-bond donors (Lipinski definition) is 3. The highest BCUT2D eigenvalue weighted by Gasteiger charge is 2.22. The van der Waals surface area contributed by atoms with E-state index in [0.29, 0.717) is 44.2 Å². The zero-order valence-electron chi connectivity index (χ0n) is 19.4. The summed E-state index contributed by atoms with van der Waals surface area (Å²) in [5, 5.41) is 6.13. The maximum Gasteiger partial charge on any atom is 0.230 e. The van der Waals surface area contributed by atoms with Crippen LogP contribution < -0.4 is 16.4 Å². The molecule has 0 rings (SSSR count). The fourth-order valence-electron chi connectivity index (χ4n) is 2.43. The molecule has 0 saturated carbocycles. The number of hydrogen-bond acceptors (Lipinski definition) is 7. The molecule has 1 atom stereocenters. The van der Waals surface area contributed by atoms with Gasteiger partial charge in [-0.1, -0.05) is 20.8 Å². The molecule has 0 saturated heterocycles. The Morgan fingerprint density at radius 1 is 1.07 bits per heavy atom. The maximum atomic E-state index is 12.0. The standard InChI is InChI=1S/C21H43N3O4S/c1-8-18(25)17(24-16(2)3)13-29-14-19(26)23-10-12-28-20(4,5)9-11-27-21(6,7)15-22/h16-17,24H,8-15,22H2,1-7H3,(H,23,26). The summed E-state index contributed by atoms with van der Waals surface area (Å²) in [6.45, 7) is 15.8. The molecule has 8 heteroatoms. The van der Waals surface area contributed by atoms with Crippen LogP contribution >= 0.6 is 11.8 Å². The van der Waals surface area contributed by atoms with Gasteiger partial charge in [0.15, 0.2) is 0 Å². The summed E-state index contributed by atoms with van der Waals surface area (Å²) in [6.07, 6.45) is 1.24. The lowest BCUT2D eigenvalue weighted by Crippen LogP contribution is -2.42. The quantitative estimate of drug-likeness (QED) is 0.302. The second kappa shape index (κ2) is 14.4. The minimum Gasteiger partial charge on any atom is -0.374 e. The van der Waals surface area contributed by atoms with Gasteiger partial charge in [-0.2, -0.15) is 0 Å². The second-order valence-corrected chi connectivity index (χ2v) is 9.76. The molecule has 0 aliphatic heterocycles. The van der Waals surface area contributed by atoms with Crippen molar-refractivity contribution in [2.24, 2.45) is 5.73 Å². The molecule has 0 bridgehead atoms. The summed E-state index contributed by atoms with van der Waals surface area (Å²) in [5.74, 6) is 1.07. The highest BCUT2D eigenvalue weighted by Crippen LogP contribution is 2.16. The van der Waals surface area contributed by atoms with Crippen LogP contribution in [0.2, 0.25) is 0 Å². The largest absolute Gasteiger partial charge is 0.374 e. The van der Waals surface area contributed by atoms with E-state index in [-0.39, 0.29) is 35.0 Å². The first-order valence-corrected chi connectivity index (χ1v) is 11.7. The Bertz CT molecular complexity index is 485. The normalized spacial score (nSPS) is 13.6. The molecular formula is C21H43N3O4S. The highest BCUT2D eigenvalue weighted by molar-refractivity contribution is 8.00. The number of amides is 1. The van der Waals surface area contributed by atoms with E-state index in [1.807, 2.05) is 48.5 Å². The van der Waals surface area contributed by atoms with Crippen molar-refractivity contribution in [3.63, 3.8) is 0 Å². The topological polar surface area (TPSA) is 103 Å². The summed E-state index contributed by atoms with van der Waals surface area (Å²) in [7, 11) is 0. The number of rotatable bonds is 17. The molecule has 1 unspecified atom stereocenters. The van der Waals surface area contributed by atoms with Gasteiger partial charge < -0.3 is 25.8 Å². The molecule has 0 aliphatic carbocycles. The third-order valence-corrected chi connectivity index (χ3v) is 5.43. The van der Waals surface area contributed by atoms with Crippen molar-refractivity contribution in [2.45, 2.75) is 84.6 Å². The molecule has 0 aromatic heterocycles. The molecule has 4 N–H and O–H groups in total. The fraction of sp³-hybridized carbons (Fsp3) is 0.905. The van der Waals surface area contributed by atoms with Crippen molar-refractivity contribution < 1.29 is 19.1 Å². The first-order chi connectivity index (χ1) is 13.4. The van der Waals surface area contributed by atoms with E-state index in [0.717, 1.165) is 6.42 Å². The molecule has 7 nitrogen and oxygen atoms in total. The third-order valence-electron chi connectivity index (χ3n) is 4.39. The van der Waals surface area contributed by atoms with Gasteiger partial charge in [-0.3, -0.25) is 9.59 Å². The number of ketones is 1. The van der Waals surface area contributed by atoms with Crippen LogP contribution in [0.3, 0.4) is 0 Å². The lowest BCUT2D eigenvalue weighted by Gasteiger charge is -2.29. The predicted molar refractivity (Wildman–Crippen MR) is 121 cm³/mol. The van der Waals surface area contributed by atoms with E-state index < -0.39 is 0 Å². The Morgan fingerprint density at radius 3 is 2.24 bits per heavy atom. The van der Waals surface area contributed by atoms with Crippen LogP contribution in [0.25, 0.3) is 0 Å². The van der Waals surface area contributed by atoms with Crippen molar-refractivity contribution in [3.8, 4) is 0 Å². The van der Waals surface area contributed by atoms with Crippen LogP contribution in [-0.4, -0.2) is 72.8 Å². The molecule has 0 fully saturated rings. The second-order valence-electron chi connectivity index (χ2n) is 8.73. The predicted octanol–water partition coefficient (Wildman–Crippen LogP) is 2.12. The minimum atomic E-state index is -0.333. The van der Waals surface area contributed by atoms with E-state index >= 15 is 0 Å². The smallest absolute Gasteiger partial charge is 0.230 e. The van der Waals surface area contributed by atoms with E-state index in [9.17, 15) is 9.59 Å². The van der Waals surface area contributed by atoms with Gasteiger partial charge in [0.25, 0.3) is 0 Å². The van der Waals surface area contributed by atoms with Gasteiger partial charge in [0, 0.05) is 31.3 Å². The molecule has 0 aliphatic rings. The number of Topliss-reactive ketones (excluding diaryl/α,β-unsaturated/α-hetero) is 1. The first-order valence-electron chi connectivity index (χ1n) is 10.5. The molecule has 29 heavy (non-hydrogen) atoms. The third kappa shape index (κ3) is 14.9. The lowest BCUT2D eigenvalue weighted by molar-refractivity contribution is -0.121. The number of carbonyl (C=O) groups excluding carboxylic acids is 2. The van der Waals surface area contributed by atoms with Crippen molar-refractivity contribution in [1.82, 2.24) is 10.6 Å². The molecular weight excluding hydrogens is 390 g/mol. The van der Waals surface area contributed by atoms with E-state index in [2.05, 4.69) is 10.6 Å². The molecule has 1 amide bonds. The van der Waals surface area contributed by atoms with Crippen molar-refractivity contribution >= 4 is 23.5 Å². The Kier molecular flexibility index (Phi) is 14.0. The summed E-state index contributed by atoms with van der Waals surface area (Å²) in [5.41, 5.74) is 5.00. The minimum absolute atomic E-state index is 0.0447. The zero-order chi connectivity index (χ0) is 22.5. The van der Waals surface area contributed by atoms with Gasteiger partial charge in [-0.15, -0.1) is 11.8 Å². The van der Waals surface area contributed by atoms with Gasteiger partial charge >= 0.3 is 0 Å². The van der Waals surface area contributed by atoms with Gasteiger partial charge in [0.05, 0.1) is 36.2 Å².